The molecule has 0 aliphatic carbocycles. The topological polar surface area (TPSA) is 57.8 Å². The van der Waals surface area contributed by atoms with Crippen LogP contribution >= 0.6 is 23.1 Å². The lowest BCUT2D eigenvalue weighted by Gasteiger charge is -2.35. The van der Waals surface area contributed by atoms with Crippen molar-refractivity contribution in [1.82, 2.24) is 9.88 Å². The number of hydrogen-bond acceptors (Lipinski definition) is 5. The van der Waals surface area contributed by atoms with Crippen molar-refractivity contribution < 1.29 is 0 Å². The SMILES string of the molecule is CSC(C)CN=C(N)N1CCN(c2nccs2)CC1. The maximum absolute atomic E-state index is 6.05. The number of thioether (sulfide) groups is 1. The number of aliphatic imine (C=N–C) groups is 1. The van der Waals surface area contributed by atoms with Gasteiger partial charge in [0.1, 0.15) is 0 Å². The zero-order valence-electron chi connectivity index (χ0n) is 11.5. The lowest BCUT2D eigenvalue weighted by atomic mass is 10.3. The minimum atomic E-state index is 0.523. The van der Waals surface area contributed by atoms with Crippen LogP contribution in [-0.4, -0.2) is 60.1 Å². The Hall–Kier alpha value is -0.950. The first-order valence-corrected chi connectivity index (χ1v) is 8.59. The molecule has 0 spiro atoms. The van der Waals surface area contributed by atoms with Crippen LogP contribution < -0.4 is 10.6 Å². The van der Waals surface area contributed by atoms with Crippen LogP contribution in [0.1, 0.15) is 6.92 Å². The van der Waals surface area contributed by atoms with Gasteiger partial charge in [-0.2, -0.15) is 11.8 Å². The average Bonchev–Trinajstić information content (AvgIpc) is 2.98. The van der Waals surface area contributed by atoms with Crippen LogP contribution in [0.3, 0.4) is 0 Å². The van der Waals surface area contributed by atoms with E-state index in [4.69, 9.17) is 5.73 Å². The summed E-state index contributed by atoms with van der Waals surface area (Å²) in [4.78, 5) is 13.3. The van der Waals surface area contributed by atoms with E-state index in [-0.39, 0.29) is 0 Å². The van der Waals surface area contributed by atoms with E-state index in [0.29, 0.717) is 11.2 Å². The molecule has 106 valence electrons. The first kappa shape index (κ1) is 14.5. The van der Waals surface area contributed by atoms with Crippen LogP contribution in [0.2, 0.25) is 0 Å². The first-order chi connectivity index (χ1) is 9.20. The summed E-state index contributed by atoms with van der Waals surface area (Å²) in [5, 5.41) is 3.64. The number of thiazole rings is 1. The molecular formula is C12H21N5S2. The molecule has 0 radical (unpaired) electrons. The Morgan fingerprint density at radius 3 is 2.84 bits per heavy atom. The predicted octanol–water partition coefficient (Wildman–Crippen LogP) is 1.33. The third-order valence-corrected chi connectivity index (χ3v) is 4.99. The fourth-order valence-corrected chi connectivity index (χ4v) is 2.82. The molecule has 0 amide bonds. The molecule has 1 unspecified atom stereocenters. The second kappa shape index (κ2) is 7.00. The van der Waals surface area contributed by atoms with E-state index in [9.17, 15) is 0 Å². The largest absolute Gasteiger partial charge is 0.370 e. The molecule has 1 aliphatic rings. The molecule has 0 bridgehead atoms. The van der Waals surface area contributed by atoms with E-state index >= 15 is 0 Å². The van der Waals surface area contributed by atoms with Gasteiger partial charge in [0.15, 0.2) is 11.1 Å². The van der Waals surface area contributed by atoms with Crippen molar-refractivity contribution in [2.45, 2.75) is 12.2 Å². The van der Waals surface area contributed by atoms with Crippen LogP contribution in [0.5, 0.6) is 0 Å². The van der Waals surface area contributed by atoms with Crippen molar-refractivity contribution >= 4 is 34.2 Å². The summed E-state index contributed by atoms with van der Waals surface area (Å²) in [6.07, 6.45) is 3.95. The average molecular weight is 299 g/mol. The molecule has 1 saturated heterocycles. The molecule has 1 aromatic heterocycles. The van der Waals surface area contributed by atoms with Gasteiger partial charge in [-0.3, -0.25) is 4.99 Å². The lowest BCUT2D eigenvalue weighted by Crippen LogP contribution is -2.51. The fraction of sp³-hybridized carbons (Fsp3) is 0.667. The maximum Gasteiger partial charge on any atom is 0.191 e. The van der Waals surface area contributed by atoms with Gasteiger partial charge in [0, 0.05) is 43.0 Å². The minimum Gasteiger partial charge on any atom is -0.370 e. The van der Waals surface area contributed by atoms with Gasteiger partial charge in [-0.05, 0) is 6.26 Å². The molecule has 5 nitrogen and oxygen atoms in total. The zero-order valence-corrected chi connectivity index (χ0v) is 13.1. The third-order valence-electron chi connectivity index (χ3n) is 3.21. The highest BCUT2D eigenvalue weighted by Gasteiger charge is 2.19. The summed E-state index contributed by atoms with van der Waals surface area (Å²) in [5.74, 6) is 0.680. The van der Waals surface area contributed by atoms with Crippen LogP contribution in [-0.2, 0) is 0 Å². The minimum absolute atomic E-state index is 0.523. The van der Waals surface area contributed by atoms with E-state index in [1.807, 2.05) is 23.3 Å². The van der Waals surface area contributed by atoms with E-state index < -0.39 is 0 Å². The molecule has 2 rings (SSSR count). The van der Waals surface area contributed by atoms with E-state index in [0.717, 1.165) is 37.9 Å². The Labute approximate surface area is 122 Å². The molecule has 0 aromatic carbocycles. The summed E-state index contributed by atoms with van der Waals surface area (Å²) in [7, 11) is 0. The van der Waals surface area contributed by atoms with Crippen molar-refractivity contribution in [2.24, 2.45) is 10.7 Å². The Bertz CT molecular complexity index is 398. The van der Waals surface area contributed by atoms with Gasteiger partial charge in [0.25, 0.3) is 0 Å². The predicted molar refractivity (Wildman–Crippen MR) is 85.4 cm³/mol. The monoisotopic (exact) mass is 299 g/mol. The number of anilines is 1. The van der Waals surface area contributed by atoms with Gasteiger partial charge < -0.3 is 15.5 Å². The molecule has 1 aromatic rings. The van der Waals surface area contributed by atoms with E-state index in [1.165, 1.54) is 0 Å². The van der Waals surface area contributed by atoms with Crippen molar-refractivity contribution in [1.29, 1.82) is 0 Å². The zero-order chi connectivity index (χ0) is 13.7. The molecule has 2 heterocycles. The summed E-state index contributed by atoms with van der Waals surface area (Å²) < 4.78 is 0. The van der Waals surface area contributed by atoms with Gasteiger partial charge in [0.2, 0.25) is 0 Å². The number of rotatable bonds is 4. The Kier molecular flexibility index (Phi) is 5.33. The van der Waals surface area contributed by atoms with E-state index in [2.05, 4.69) is 33.0 Å². The quantitative estimate of drug-likeness (QED) is 0.671. The van der Waals surface area contributed by atoms with Crippen LogP contribution in [0.25, 0.3) is 0 Å². The Balaban J connectivity index is 1.82. The lowest BCUT2D eigenvalue weighted by molar-refractivity contribution is 0.380. The molecule has 7 heteroatoms. The molecule has 1 fully saturated rings. The Morgan fingerprint density at radius 1 is 1.53 bits per heavy atom. The van der Waals surface area contributed by atoms with Gasteiger partial charge >= 0.3 is 0 Å². The number of guanidine groups is 1. The summed E-state index contributed by atoms with van der Waals surface area (Å²) >= 11 is 3.50. The van der Waals surface area contributed by atoms with Crippen LogP contribution in [0.4, 0.5) is 5.13 Å². The van der Waals surface area contributed by atoms with Gasteiger partial charge in [-0.1, -0.05) is 6.92 Å². The molecule has 19 heavy (non-hydrogen) atoms. The van der Waals surface area contributed by atoms with Gasteiger partial charge in [-0.15, -0.1) is 11.3 Å². The van der Waals surface area contributed by atoms with Crippen LogP contribution in [0, 0.1) is 0 Å². The number of aromatic nitrogens is 1. The molecule has 1 atom stereocenters. The highest BCUT2D eigenvalue weighted by molar-refractivity contribution is 7.99. The number of piperazine rings is 1. The molecular weight excluding hydrogens is 278 g/mol. The standard InChI is InChI=1S/C12H21N5S2/c1-10(18-2)9-15-11(13)16-4-6-17(7-5-16)12-14-3-8-19-12/h3,8,10H,4-7,9H2,1-2H3,(H2,13,15). The van der Waals surface area contributed by atoms with Crippen molar-refractivity contribution in [3.05, 3.63) is 11.6 Å². The van der Waals surface area contributed by atoms with Crippen molar-refractivity contribution in [3.63, 3.8) is 0 Å². The smallest absolute Gasteiger partial charge is 0.191 e. The summed E-state index contributed by atoms with van der Waals surface area (Å²) in [6, 6.07) is 0. The summed E-state index contributed by atoms with van der Waals surface area (Å²) in [6.45, 7) is 6.72. The van der Waals surface area contributed by atoms with Gasteiger partial charge in [0.05, 0.1) is 6.54 Å². The summed E-state index contributed by atoms with van der Waals surface area (Å²) in [5.41, 5.74) is 6.05. The Morgan fingerprint density at radius 2 is 2.26 bits per heavy atom. The van der Waals surface area contributed by atoms with Crippen molar-refractivity contribution in [3.8, 4) is 0 Å². The number of nitrogens with two attached hydrogens (primary N) is 1. The molecule has 1 aliphatic heterocycles. The third kappa shape index (κ3) is 4.01. The second-order valence-corrected chi connectivity index (χ2v) is 6.68. The number of nitrogens with zero attached hydrogens (tertiary/aromatic N) is 4. The molecule has 0 saturated carbocycles. The highest BCUT2D eigenvalue weighted by atomic mass is 32.2. The van der Waals surface area contributed by atoms with Gasteiger partial charge in [-0.25, -0.2) is 4.98 Å². The fourth-order valence-electron chi connectivity index (χ4n) is 1.90. The number of hydrogen-bond donors (Lipinski definition) is 1. The van der Waals surface area contributed by atoms with E-state index in [1.54, 1.807) is 11.3 Å². The molecule has 2 N–H and O–H groups in total. The van der Waals surface area contributed by atoms with Crippen molar-refractivity contribution in [2.75, 3.05) is 43.9 Å². The van der Waals surface area contributed by atoms with Crippen LogP contribution in [0.15, 0.2) is 16.6 Å². The normalized spacial score (nSPS) is 18.7. The highest BCUT2D eigenvalue weighted by Crippen LogP contribution is 2.18. The maximum atomic E-state index is 6.05. The second-order valence-electron chi connectivity index (χ2n) is 4.53. The first-order valence-electron chi connectivity index (χ1n) is 6.43.